The van der Waals surface area contributed by atoms with Crippen LogP contribution >= 0.6 is 0 Å². The van der Waals surface area contributed by atoms with Crippen molar-refractivity contribution in [3.8, 4) is 0 Å². The highest BCUT2D eigenvalue weighted by atomic mass is 32.2. The topological polar surface area (TPSA) is 95.6 Å². The molecule has 2 amide bonds. The van der Waals surface area contributed by atoms with E-state index in [0.717, 1.165) is 16.8 Å². The molecule has 0 radical (unpaired) electrons. The second kappa shape index (κ2) is 10.1. The van der Waals surface area contributed by atoms with Crippen LogP contribution in [0.1, 0.15) is 30.4 Å². The minimum absolute atomic E-state index is 0.129. The van der Waals surface area contributed by atoms with E-state index in [1.54, 1.807) is 30.3 Å². The van der Waals surface area contributed by atoms with Gasteiger partial charge in [0.2, 0.25) is 21.8 Å². The van der Waals surface area contributed by atoms with Crippen molar-refractivity contribution >= 4 is 27.5 Å². The number of anilines is 1. The fourth-order valence-corrected chi connectivity index (χ4v) is 5.30. The SMILES string of the molecule is Cc1cc(C)cc(NC(=O)CCNC(=O)C2CCN(S(=O)(=O)c3ccccc3)CC2)c1. The zero-order valence-corrected chi connectivity index (χ0v) is 18.7. The summed E-state index contributed by atoms with van der Waals surface area (Å²) in [5.74, 6) is -0.533. The molecule has 1 fully saturated rings. The van der Waals surface area contributed by atoms with E-state index in [1.807, 2.05) is 32.0 Å². The molecule has 2 aromatic rings. The number of amides is 2. The van der Waals surface area contributed by atoms with Crippen LogP contribution in [0.4, 0.5) is 5.69 Å². The maximum absolute atomic E-state index is 12.7. The molecule has 2 N–H and O–H groups in total. The number of hydrogen-bond acceptors (Lipinski definition) is 4. The van der Waals surface area contributed by atoms with Crippen molar-refractivity contribution in [3.05, 3.63) is 59.7 Å². The molecule has 1 saturated heterocycles. The summed E-state index contributed by atoms with van der Waals surface area (Å²) in [7, 11) is -3.53. The first-order valence-electron chi connectivity index (χ1n) is 10.5. The second-order valence-corrected chi connectivity index (χ2v) is 9.89. The van der Waals surface area contributed by atoms with Crippen LogP contribution in [0.25, 0.3) is 0 Å². The van der Waals surface area contributed by atoms with E-state index in [0.29, 0.717) is 25.9 Å². The highest BCUT2D eigenvalue weighted by Gasteiger charge is 2.31. The fourth-order valence-electron chi connectivity index (χ4n) is 3.81. The van der Waals surface area contributed by atoms with Gasteiger partial charge in [-0.3, -0.25) is 9.59 Å². The van der Waals surface area contributed by atoms with E-state index in [1.165, 1.54) is 4.31 Å². The molecule has 1 heterocycles. The quantitative estimate of drug-likeness (QED) is 0.688. The summed E-state index contributed by atoms with van der Waals surface area (Å²) in [6.07, 6.45) is 1.11. The van der Waals surface area contributed by atoms with Gasteiger partial charge < -0.3 is 10.6 Å². The van der Waals surface area contributed by atoms with Gasteiger partial charge in [0.25, 0.3) is 0 Å². The van der Waals surface area contributed by atoms with E-state index in [4.69, 9.17) is 0 Å². The number of nitrogens with zero attached hydrogens (tertiary/aromatic N) is 1. The fraction of sp³-hybridized carbons (Fsp3) is 0.391. The van der Waals surface area contributed by atoms with Gasteiger partial charge in [0, 0.05) is 37.7 Å². The molecule has 1 aliphatic heterocycles. The summed E-state index contributed by atoms with van der Waals surface area (Å²) in [5, 5.41) is 5.66. The lowest BCUT2D eigenvalue weighted by molar-refractivity contribution is -0.126. The molecule has 0 atom stereocenters. The molecular weight excluding hydrogens is 414 g/mol. The Morgan fingerprint density at radius 2 is 1.61 bits per heavy atom. The first kappa shape index (κ1) is 23.0. The van der Waals surface area contributed by atoms with Gasteiger partial charge in [-0.2, -0.15) is 4.31 Å². The van der Waals surface area contributed by atoms with Crippen LogP contribution in [-0.2, 0) is 19.6 Å². The Kier molecular flexibility index (Phi) is 7.46. The Morgan fingerprint density at radius 3 is 2.23 bits per heavy atom. The van der Waals surface area contributed by atoms with E-state index in [2.05, 4.69) is 10.6 Å². The van der Waals surface area contributed by atoms with Crippen molar-refractivity contribution in [3.63, 3.8) is 0 Å². The molecule has 0 aliphatic carbocycles. The molecule has 0 bridgehead atoms. The number of nitrogens with one attached hydrogen (secondary N) is 2. The number of sulfonamides is 1. The van der Waals surface area contributed by atoms with Gasteiger partial charge in [-0.25, -0.2) is 8.42 Å². The number of benzene rings is 2. The summed E-state index contributed by atoms with van der Waals surface area (Å²) in [6.45, 7) is 4.81. The number of carbonyl (C=O) groups excluding carboxylic acids is 2. The molecule has 0 spiro atoms. The molecule has 0 aromatic heterocycles. The smallest absolute Gasteiger partial charge is 0.243 e. The molecule has 166 valence electrons. The lowest BCUT2D eigenvalue weighted by Gasteiger charge is -2.30. The van der Waals surface area contributed by atoms with E-state index < -0.39 is 10.0 Å². The summed E-state index contributed by atoms with van der Waals surface area (Å²) in [5.41, 5.74) is 2.90. The van der Waals surface area contributed by atoms with Crippen molar-refractivity contribution in [2.24, 2.45) is 5.92 Å². The van der Waals surface area contributed by atoms with Gasteiger partial charge in [0.1, 0.15) is 0 Å². The van der Waals surface area contributed by atoms with E-state index >= 15 is 0 Å². The first-order valence-corrected chi connectivity index (χ1v) is 11.9. The minimum Gasteiger partial charge on any atom is -0.355 e. The molecule has 3 rings (SSSR count). The summed E-state index contributed by atoms with van der Waals surface area (Å²) < 4.78 is 26.8. The van der Waals surface area contributed by atoms with Crippen LogP contribution in [-0.4, -0.2) is 44.2 Å². The standard InChI is InChI=1S/C23H29N3O4S/c1-17-14-18(2)16-20(15-17)25-22(27)8-11-24-23(28)19-9-12-26(13-10-19)31(29,30)21-6-4-3-5-7-21/h3-7,14-16,19H,8-13H2,1-2H3,(H,24,28)(H,25,27). The van der Waals surface area contributed by atoms with Crippen LogP contribution in [0.15, 0.2) is 53.4 Å². The Bertz CT molecular complexity index is 1010. The largest absolute Gasteiger partial charge is 0.355 e. The minimum atomic E-state index is -3.53. The monoisotopic (exact) mass is 443 g/mol. The third kappa shape index (κ3) is 6.15. The summed E-state index contributed by atoms with van der Waals surface area (Å²) >= 11 is 0. The Morgan fingerprint density at radius 1 is 1.00 bits per heavy atom. The predicted octanol–water partition coefficient (Wildman–Crippen LogP) is 2.85. The first-order chi connectivity index (χ1) is 14.8. The van der Waals surface area contributed by atoms with Crippen LogP contribution in [0, 0.1) is 19.8 Å². The second-order valence-electron chi connectivity index (χ2n) is 7.96. The molecule has 2 aromatic carbocycles. The predicted molar refractivity (Wildman–Crippen MR) is 120 cm³/mol. The van der Waals surface area contributed by atoms with Crippen molar-refractivity contribution in [1.29, 1.82) is 0 Å². The van der Waals surface area contributed by atoms with Gasteiger partial charge in [-0.1, -0.05) is 24.3 Å². The third-order valence-corrected chi connectivity index (χ3v) is 7.28. The molecule has 31 heavy (non-hydrogen) atoms. The van der Waals surface area contributed by atoms with Gasteiger partial charge in [-0.15, -0.1) is 0 Å². The van der Waals surface area contributed by atoms with Gasteiger partial charge >= 0.3 is 0 Å². The van der Waals surface area contributed by atoms with Crippen LogP contribution < -0.4 is 10.6 Å². The maximum atomic E-state index is 12.7. The third-order valence-electron chi connectivity index (χ3n) is 5.36. The number of rotatable bonds is 7. The van der Waals surface area contributed by atoms with Crippen molar-refractivity contribution < 1.29 is 18.0 Å². The number of aryl methyl sites for hydroxylation is 2. The summed E-state index contributed by atoms with van der Waals surface area (Å²) in [6, 6.07) is 14.2. The van der Waals surface area contributed by atoms with Crippen molar-refractivity contribution in [2.75, 3.05) is 25.0 Å². The lowest BCUT2D eigenvalue weighted by atomic mass is 9.97. The van der Waals surface area contributed by atoms with E-state index in [9.17, 15) is 18.0 Å². The Hall–Kier alpha value is -2.71. The zero-order chi connectivity index (χ0) is 22.4. The number of hydrogen-bond donors (Lipinski definition) is 2. The molecule has 1 aliphatic rings. The average molecular weight is 444 g/mol. The highest BCUT2D eigenvalue weighted by Crippen LogP contribution is 2.23. The molecule has 7 nitrogen and oxygen atoms in total. The van der Waals surface area contributed by atoms with Gasteiger partial charge in [-0.05, 0) is 62.1 Å². The highest BCUT2D eigenvalue weighted by molar-refractivity contribution is 7.89. The lowest BCUT2D eigenvalue weighted by Crippen LogP contribution is -2.43. The van der Waals surface area contributed by atoms with Crippen LogP contribution in [0.5, 0.6) is 0 Å². The van der Waals surface area contributed by atoms with Crippen LogP contribution in [0.3, 0.4) is 0 Å². The van der Waals surface area contributed by atoms with Gasteiger partial charge in [0.15, 0.2) is 0 Å². The van der Waals surface area contributed by atoms with Crippen LogP contribution in [0.2, 0.25) is 0 Å². The molecule has 0 saturated carbocycles. The average Bonchev–Trinajstić information content (AvgIpc) is 2.73. The zero-order valence-electron chi connectivity index (χ0n) is 17.9. The summed E-state index contributed by atoms with van der Waals surface area (Å²) in [4.78, 5) is 24.9. The van der Waals surface area contributed by atoms with Crippen molar-refractivity contribution in [2.45, 2.75) is 38.0 Å². The normalized spacial score (nSPS) is 15.4. The molecular formula is C23H29N3O4S. The number of piperidine rings is 1. The van der Waals surface area contributed by atoms with E-state index in [-0.39, 0.29) is 35.6 Å². The molecule has 8 heteroatoms. The maximum Gasteiger partial charge on any atom is 0.243 e. The van der Waals surface area contributed by atoms with Gasteiger partial charge in [0.05, 0.1) is 4.90 Å². The van der Waals surface area contributed by atoms with Crippen molar-refractivity contribution in [1.82, 2.24) is 9.62 Å². The Labute approximate surface area is 183 Å². The Balaban J connectivity index is 1.42. The number of carbonyl (C=O) groups is 2. The molecule has 0 unspecified atom stereocenters.